The fourth-order valence-electron chi connectivity index (χ4n) is 2.68. The van der Waals surface area contributed by atoms with Gasteiger partial charge in [0.15, 0.2) is 4.96 Å². The summed E-state index contributed by atoms with van der Waals surface area (Å²) < 4.78 is 12.8. The van der Waals surface area contributed by atoms with Crippen molar-refractivity contribution in [1.82, 2.24) is 14.5 Å². The molecule has 3 aromatic heterocycles. The van der Waals surface area contributed by atoms with E-state index in [4.69, 9.17) is 9.26 Å². The second kappa shape index (κ2) is 5.82. The number of rotatable bonds is 3. The van der Waals surface area contributed by atoms with Crippen LogP contribution in [0.1, 0.15) is 27.5 Å². The fourth-order valence-corrected chi connectivity index (χ4v) is 3.73. The highest BCUT2D eigenvalue weighted by Gasteiger charge is 2.19. The molecule has 3 heterocycles. The Morgan fingerprint density at radius 1 is 1.32 bits per heavy atom. The molecular formula is C17H13N3O4S. The molecule has 0 aliphatic rings. The van der Waals surface area contributed by atoms with Crippen molar-refractivity contribution in [3.8, 4) is 0 Å². The van der Waals surface area contributed by atoms with E-state index in [-0.39, 0.29) is 12.2 Å². The van der Waals surface area contributed by atoms with Crippen LogP contribution in [0.25, 0.3) is 15.2 Å². The van der Waals surface area contributed by atoms with Crippen LogP contribution in [0, 0.1) is 13.8 Å². The van der Waals surface area contributed by atoms with Crippen molar-refractivity contribution in [3.63, 3.8) is 0 Å². The van der Waals surface area contributed by atoms with E-state index in [0.29, 0.717) is 27.7 Å². The average molecular weight is 355 g/mol. The third kappa shape index (κ3) is 2.60. The minimum atomic E-state index is -0.547. The molecule has 126 valence electrons. The van der Waals surface area contributed by atoms with Crippen LogP contribution in [0.3, 0.4) is 0 Å². The minimum Gasteiger partial charge on any atom is -0.455 e. The number of para-hydroxylation sites is 1. The number of carbonyl (C=O) groups excluding carboxylic acids is 1. The summed E-state index contributed by atoms with van der Waals surface area (Å²) in [6.07, 6.45) is 0. The van der Waals surface area contributed by atoms with E-state index in [1.165, 1.54) is 17.4 Å². The van der Waals surface area contributed by atoms with Crippen molar-refractivity contribution in [2.45, 2.75) is 20.5 Å². The van der Waals surface area contributed by atoms with Crippen LogP contribution >= 0.6 is 11.3 Å². The maximum atomic E-state index is 12.4. The standard InChI is InChI=1S/C17H13N3O4S/c1-9-15(10(2)24-19-9)16(22)23-8-11-7-14(21)20-12-5-3-4-6-13(12)25-17(20)18-11/h3-7H,8H2,1-2H3. The molecule has 0 radical (unpaired) electrons. The summed E-state index contributed by atoms with van der Waals surface area (Å²) in [5.41, 5.74) is 1.79. The Balaban J connectivity index is 1.65. The van der Waals surface area contributed by atoms with Gasteiger partial charge in [0.1, 0.15) is 17.9 Å². The summed E-state index contributed by atoms with van der Waals surface area (Å²) in [6, 6.07) is 8.98. The quantitative estimate of drug-likeness (QED) is 0.525. The Labute approximate surface area is 145 Å². The first-order chi connectivity index (χ1) is 12.0. The van der Waals surface area contributed by atoms with Crippen LogP contribution in [0.5, 0.6) is 0 Å². The largest absolute Gasteiger partial charge is 0.455 e. The van der Waals surface area contributed by atoms with Crippen molar-refractivity contribution < 1.29 is 14.1 Å². The maximum absolute atomic E-state index is 12.4. The van der Waals surface area contributed by atoms with E-state index in [9.17, 15) is 9.59 Å². The van der Waals surface area contributed by atoms with Crippen LogP contribution in [0.15, 0.2) is 39.6 Å². The summed E-state index contributed by atoms with van der Waals surface area (Å²) in [5, 5.41) is 3.73. The smallest absolute Gasteiger partial charge is 0.344 e. The van der Waals surface area contributed by atoms with E-state index in [0.717, 1.165) is 10.2 Å². The number of esters is 1. The number of thiazole rings is 1. The molecular weight excluding hydrogens is 342 g/mol. The third-order valence-corrected chi connectivity index (χ3v) is 4.86. The van der Waals surface area contributed by atoms with Crippen molar-refractivity contribution in [3.05, 3.63) is 63.4 Å². The lowest BCUT2D eigenvalue weighted by Crippen LogP contribution is -2.15. The van der Waals surface area contributed by atoms with Gasteiger partial charge in [-0.3, -0.25) is 9.20 Å². The number of aromatic nitrogens is 3. The van der Waals surface area contributed by atoms with Gasteiger partial charge in [-0.2, -0.15) is 0 Å². The zero-order valence-corrected chi connectivity index (χ0v) is 14.3. The van der Waals surface area contributed by atoms with Crippen LogP contribution < -0.4 is 5.56 Å². The Hall–Kier alpha value is -3.00. The Morgan fingerprint density at radius 3 is 2.88 bits per heavy atom. The predicted octanol–water partition coefficient (Wildman–Crippen LogP) is 2.87. The second-order valence-electron chi connectivity index (χ2n) is 5.55. The van der Waals surface area contributed by atoms with Crippen molar-refractivity contribution in [2.24, 2.45) is 0 Å². The molecule has 0 N–H and O–H groups in total. The Kier molecular flexibility index (Phi) is 3.61. The van der Waals surface area contributed by atoms with Gasteiger partial charge in [0.25, 0.3) is 5.56 Å². The normalized spacial score (nSPS) is 11.3. The van der Waals surface area contributed by atoms with Crippen molar-refractivity contribution in [1.29, 1.82) is 0 Å². The summed E-state index contributed by atoms with van der Waals surface area (Å²) in [4.78, 5) is 29.6. The van der Waals surface area contributed by atoms with Crippen LogP contribution in [0.2, 0.25) is 0 Å². The second-order valence-corrected chi connectivity index (χ2v) is 6.56. The zero-order valence-electron chi connectivity index (χ0n) is 13.5. The van der Waals surface area contributed by atoms with Gasteiger partial charge >= 0.3 is 5.97 Å². The number of benzene rings is 1. The summed E-state index contributed by atoms with van der Waals surface area (Å²) >= 11 is 1.41. The number of aryl methyl sites for hydroxylation is 2. The van der Waals surface area contributed by atoms with E-state index in [1.807, 2.05) is 24.3 Å². The predicted molar refractivity (Wildman–Crippen MR) is 91.9 cm³/mol. The van der Waals surface area contributed by atoms with Gasteiger partial charge in [0, 0.05) is 6.07 Å². The zero-order chi connectivity index (χ0) is 17.6. The van der Waals surface area contributed by atoms with Gasteiger partial charge in [0.05, 0.1) is 21.6 Å². The number of fused-ring (bicyclic) bond motifs is 3. The molecule has 25 heavy (non-hydrogen) atoms. The molecule has 0 saturated carbocycles. The summed E-state index contributed by atoms with van der Waals surface area (Å²) in [6.45, 7) is 3.22. The SMILES string of the molecule is Cc1noc(C)c1C(=O)OCc1cc(=O)n2c(n1)sc1ccccc12. The molecule has 8 heteroatoms. The number of ether oxygens (including phenoxy) is 1. The Bertz CT molecular complexity index is 1150. The van der Waals surface area contributed by atoms with Crippen LogP contribution in [0.4, 0.5) is 0 Å². The fraction of sp³-hybridized carbons (Fsp3) is 0.176. The maximum Gasteiger partial charge on any atom is 0.344 e. The highest BCUT2D eigenvalue weighted by Crippen LogP contribution is 2.23. The molecule has 0 amide bonds. The molecule has 0 aliphatic carbocycles. The molecule has 7 nitrogen and oxygen atoms in total. The van der Waals surface area contributed by atoms with E-state index >= 15 is 0 Å². The molecule has 0 spiro atoms. The minimum absolute atomic E-state index is 0.0944. The number of hydrogen-bond donors (Lipinski definition) is 0. The first-order valence-electron chi connectivity index (χ1n) is 7.55. The summed E-state index contributed by atoms with van der Waals surface area (Å²) in [5.74, 6) is -0.148. The van der Waals surface area contributed by atoms with Gasteiger partial charge in [-0.05, 0) is 26.0 Å². The van der Waals surface area contributed by atoms with E-state index < -0.39 is 5.97 Å². The number of nitrogens with zero attached hydrogens (tertiary/aromatic N) is 3. The highest BCUT2D eigenvalue weighted by molar-refractivity contribution is 7.23. The topological polar surface area (TPSA) is 86.7 Å². The molecule has 0 aliphatic heterocycles. The van der Waals surface area contributed by atoms with Gasteiger partial charge in [0.2, 0.25) is 0 Å². The lowest BCUT2D eigenvalue weighted by atomic mass is 10.2. The highest BCUT2D eigenvalue weighted by atomic mass is 32.1. The Morgan fingerprint density at radius 2 is 2.12 bits per heavy atom. The van der Waals surface area contributed by atoms with Crippen LogP contribution in [-0.2, 0) is 11.3 Å². The molecule has 0 unspecified atom stereocenters. The molecule has 0 saturated heterocycles. The first kappa shape index (κ1) is 15.5. The molecule has 1 aromatic carbocycles. The lowest BCUT2D eigenvalue weighted by molar-refractivity contribution is 0.0465. The van der Waals surface area contributed by atoms with Crippen molar-refractivity contribution >= 4 is 32.5 Å². The van der Waals surface area contributed by atoms with E-state index in [1.54, 1.807) is 18.2 Å². The molecule has 4 rings (SSSR count). The third-order valence-electron chi connectivity index (χ3n) is 3.84. The molecule has 0 atom stereocenters. The van der Waals surface area contributed by atoms with Gasteiger partial charge in [-0.15, -0.1) is 0 Å². The molecule has 4 aromatic rings. The molecule has 0 bridgehead atoms. The number of carbonyl (C=O) groups is 1. The van der Waals surface area contributed by atoms with Gasteiger partial charge < -0.3 is 9.26 Å². The first-order valence-corrected chi connectivity index (χ1v) is 8.36. The van der Waals surface area contributed by atoms with E-state index in [2.05, 4.69) is 10.1 Å². The van der Waals surface area contributed by atoms with Crippen LogP contribution in [-0.4, -0.2) is 20.5 Å². The van der Waals surface area contributed by atoms with Crippen molar-refractivity contribution in [2.75, 3.05) is 0 Å². The van der Waals surface area contributed by atoms with Gasteiger partial charge in [-0.25, -0.2) is 9.78 Å². The lowest BCUT2D eigenvalue weighted by Gasteiger charge is -2.04. The summed E-state index contributed by atoms with van der Waals surface area (Å²) in [7, 11) is 0. The monoisotopic (exact) mass is 355 g/mol. The number of hydrogen-bond acceptors (Lipinski definition) is 7. The van der Waals surface area contributed by atoms with Gasteiger partial charge in [-0.1, -0.05) is 28.6 Å². The average Bonchev–Trinajstić information content (AvgIpc) is 3.12. The molecule has 0 fully saturated rings.